The Hall–Kier alpha value is -4.12. The second kappa shape index (κ2) is 7.75. The molecule has 5 aromatic rings. The predicted molar refractivity (Wildman–Crippen MR) is 148 cm³/mol. The third-order valence-corrected chi connectivity index (χ3v) is 9.21. The number of para-hydroxylation sites is 2. The number of benzene rings is 3. The van der Waals surface area contributed by atoms with Crippen molar-refractivity contribution in [2.45, 2.75) is 43.7 Å². The van der Waals surface area contributed by atoms with E-state index in [-0.39, 0.29) is 5.91 Å². The van der Waals surface area contributed by atoms with Gasteiger partial charge < -0.3 is 38.7 Å². The molecule has 0 radical (unpaired) electrons. The van der Waals surface area contributed by atoms with E-state index >= 15 is 0 Å². The standard InChI is InChI=1S/C30H28N4O6/c1-30-26(38-3)18(32(2)29(37)39-4)13-19(40-30)33-16-11-7-5-9-14(16)20-22-23(28(36)31-27(22)35)21-15-10-6-8-12-17(15)34(30)25(21)24(20)33/h5-12,18-19,26,28,36H,13H2,1-4H3,(H,31,35)/t18-,19-,26-,28?,30+/m1/s1. The zero-order chi connectivity index (χ0) is 27.7. The summed E-state index contributed by atoms with van der Waals surface area (Å²) in [6.45, 7) is 1.99. The largest absolute Gasteiger partial charge is 0.453 e. The molecule has 3 aliphatic rings. The quantitative estimate of drug-likeness (QED) is 0.345. The first kappa shape index (κ1) is 23.7. The van der Waals surface area contributed by atoms with E-state index < -0.39 is 36.4 Å². The lowest BCUT2D eigenvalue weighted by Crippen LogP contribution is -2.61. The fraction of sp³-hybridized carbons (Fsp3) is 0.333. The van der Waals surface area contributed by atoms with E-state index in [1.165, 1.54) is 7.11 Å². The van der Waals surface area contributed by atoms with Crippen LogP contribution in [0.25, 0.3) is 43.6 Å². The molecule has 5 heterocycles. The Bertz CT molecular complexity index is 1940. The molecule has 5 atom stereocenters. The van der Waals surface area contributed by atoms with Gasteiger partial charge in [-0.15, -0.1) is 0 Å². The van der Waals surface area contributed by atoms with Crippen LogP contribution < -0.4 is 5.32 Å². The van der Waals surface area contributed by atoms with E-state index in [2.05, 4.69) is 14.5 Å². The van der Waals surface area contributed by atoms with Crippen molar-refractivity contribution < 1.29 is 28.9 Å². The van der Waals surface area contributed by atoms with Crippen LogP contribution in [0.5, 0.6) is 0 Å². The number of amides is 2. The lowest BCUT2D eigenvalue weighted by atomic mass is 9.92. The third kappa shape index (κ3) is 2.59. The van der Waals surface area contributed by atoms with Gasteiger partial charge in [-0.3, -0.25) is 4.79 Å². The van der Waals surface area contributed by atoms with E-state index in [1.807, 2.05) is 55.5 Å². The maximum Gasteiger partial charge on any atom is 0.409 e. The number of carbonyl (C=O) groups is 2. The van der Waals surface area contributed by atoms with E-state index in [9.17, 15) is 14.7 Å². The van der Waals surface area contributed by atoms with Gasteiger partial charge in [0.25, 0.3) is 5.91 Å². The molecule has 40 heavy (non-hydrogen) atoms. The second-order valence-electron chi connectivity index (χ2n) is 11.0. The average Bonchev–Trinajstić information content (AvgIpc) is 3.56. The van der Waals surface area contributed by atoms with E-state index in [1.54, 1.807) is 19.1 Å². The van der Waals surface area contributed by atoms with Gasteiger partial charge in [-0.2, -0.15) is 0 Å². The Balaban J connectivity index is 1.63. The average molecular weight is 541 g/mol. The molecule has 204 valence electrons. The maximum absolute atomic E-state index is 13.5. The van der Waals surface area contributed by atoms with Gasteiger partial charge in [-0.1, -0.05) is 36.4 Å². The van der Waals surface area contributed by atoms with Crippen LogP contribution in [0.2, 0.25) is 0 Å². The van der Waals surface area contributed by atoms with Crippen LogP contribution in [0.15, 0.2) is 48.5 Å². The molecule has 1 fully saturated rings. The molecule has 2 aromatic heterocycles. The molecular weight excluding hydrogens is 512 g/mol. The van der Waals surface area contributed by atoms with Crippen LogP contribution in [0, 0.1) is 0 Å². The van der Waals surface area contributed by atoms with Crippen molar-refractivity contribution in [2.24, 2.45) is 0 Å². The molecule has 2 amide bonds. The van der Waals surface area contributed by atoms with Gasteiger partial charge in [0.05, 0.1) is 40.8 Å². The number of hydrogen-bond donors (Lipinski definition) is 2. The number of methoxy groups -OCH3 is 2. The monoisotopic (exact) mass is 540 g/mol. The molecular formula is C30H28N4O6. The molecule has 10 heteroatoms. The lowest BCUT2D eigenvalue weighted by Gasteiger charge is -2.50. The summed E-state index contributed by atoms with van der Waals surface area (Å²) < 4.78 is 22.7. The zero-order valence-corrected chi connectivity index (χ0v) is 22.5. The molecule has 1 saturated heterocycles. The number of likely N-dealkylation sites (N-methyl/N-ethyl adjacent to an activating group) is 1. The van der Waals surface area contributed by atoms with Crippen LogP contribution in [0.1, 0.15) is 41.7 Å². The van der Waals surface area contributed by atoms with Crippen LogP contribution in [0.4, 0.5) is 4.79 Å². The molecule has 3 aromatic carbocycles. The van der Waals surface area contributed by atoms with Crippen molar-refractivity contribution >= 4 is 55.6 Å². The van der Waals surface area contributed by atoms with Gasteiger partial charge in [0.2, 0.25) is 0 Å². The zero-order valence-electron chi connectivity index (χ0n) is 22.5. The highest BCUT2D eigenvalue weighted by molar-refractivity contribution is 6.31. The minimum atomic E-state index is -1.15. The van der Waals surface area contributed by atoms with Gasteiger partial charge in [0.15, 0.2) is 12.0 Å². The van der Waals surface area contributed by atoms with Gasteiger partial charge in [-0.05, 0) is 19.1 Å². The van der Waals surface area contributed by atoms with Crippen molar-refractivity contribution in [3.05, 3.63) is 59.7 Å². The number of aliphatic hydroxyl groups is 1. The maximum atomic E-state index is 13.5. The molecule has 2 N–H and O–H groups in total. The van der Waals surface area contributed by atoms with Crippen LogP contribution in [-0.2, 0) is 19.9 Å². The van der Waals surface area contributed by atoms with Crippen molar-refractivity contribution in [3.8, 4) is 0 Å². The van der Waals surface area contributed by atoms with Crippen molar-refractivity contribution in [1.82, 2.24) is 19.4 Å². The number of fused-ring (bicyclic) bond motifs is 13. The first-order valence-corrected chi connectivity index (χ1v) is 13.3. The smallest absolute Gasteiger partial charge is 0.409 e. The Labute approximate surface area is 228 Å². The minimum absolute atomic E-state index is 0.304. The number of nitrogens with one attached hydrogen (secondary N) is 1. The Morgan fingerprint density at radius 2 is 1.75 bits per heavy atom. The van der Waals surface area contributed by atoms with Crippen molar-refractivity contribution in [1.29, 1.82) is 0 Å². The summed E-state index contributed by atoms with van der Waals surface area (Å²) in [5.74, 6) is -0.304. The molecule has 0 saturated carbocycles. The van der Waals surface area contributed by atoms with E-state index in [0.29, 0.717) is 17.5 Å². The highest BCUT2D eigenvalue weighted by atomic mass is 16.6. The molecule has 10 nitrogen and oxygen atoms in total. The molecule has 8 rings (SSSR count). The number of aromatic nitrogens is 2. The first-order chi connectivity index (χ1) is 19.3. The van der Waals surface area contributed by atoms with Gasteiger partial charge in [0, 0.05) is 47.7 Å². The fourth-order valence-corrected chi connectivity index (χ4v) is 7.72. The van der Waals surface area contributed by atoms with Crippen LogP contribution >= 0.6 is 0 Å². The van der Waals surface area contributed by atoms with Crippen LogP contribution in [0.3, 0.4) is 0 Å². The lowest BCUT2D eigenvalue weighted by molar-refractivity contribution is -0.264. The molecule has 2 bridgehead atoms. The Morgan fingerprint density at radius 3 is 2.45 bits per heavy atom. The van der Waals surface area contributed by atoms with Gasteiger partial charge >= 0.3 is 6.09 Å². The van der Waals surface area contributed by atoms with Gasteiger partial charge in [0.1, 0.15) is 12.3 Å². The molecule has 0 spiro atoms. The summed E-state index contributed by atoms with van der Waals surface area (Å²) in [6, 6.07) is 15.5. The third-order valence-electron chi connectivity index (χ3n) is 9.21. The molecule has 0 aliphatic carbocycles. The number of nitrogens with zero attached hydrogens (tertiary/aromatic N) is 3. The number of aliphatic hydroxyl groups excluding tert-OH is 1. The normalized spacial score (nSPS) is 27.0. The minimum Gasteiger partial charge on any atom is -0.453 e. The van der Waals surface area contributed by atoms with Crippen molar-refractivity contribution in [3.63, 3.8) is 0 Å². The summed E-state index contributed by atoms with van der Waals surface area (Å²) in [5.41, 5.74) is 3.48. The Kier molecular flexibility index (Phi) is 4.60. The van der Waals surface area contributed by atoms with E-state index in [4.69, 9.17) is 14.2 Å². The Morgan fingerprint density at radius 1 is 1.07 bits per heavy atom. The molecule has 1 unspecified atom stereocenters. The van der Waals surface area contributed by atoms with Crippen molar-refractivity contribution in [2.75, 3.05) is 21.3 Å². The SMILES string of the molecule is COC(=O)N(C)[C@@H]1C[C@H]2O[C@@](C)([C@@H]1OC)n1c3ccccc3c3c4c(c5c6ccccc6n2c5c31)C(=O)NC4O. The number of ether oxygens (including phenoxy) is 3. The summed E-state index contributed by atoms with van der Waals surface area (Å²) >= 11 is 0. The summed E-state index contributed by atoms with van der Waals surface area (Å²) in [5, 5.41) is 17.4. The topological polar surface area (TPSA) is 107 Å². The van der Waals surface area contributed by atoms with E-state index in [0.717, 1.165) is 43.6 Å². The highest BCUT2D eigenvalue weighted by Gasteiger charge is 2.55. The summed E-state index contributed by atoms with van der Waals surface area (Å²) in [6.07, 6.45) is -2.25. The fourth-order valence-electron chi connectivity index (χ4n) is 7.72. The highest BCUT2D eigenvalue weighted by Crippen LogP contribution is 2.54. The van der Waals surface area contributed by atoms with Gasteiger partial charge in [-0.25, -0.2) is 4.79 Å². The number of carbonyl (C=O) groups excluding carboxylic acids is 2. The molecule has 3 aliphatic heterocycles. The number of hydrogen-bond acceptors (Lipinski definition) is 6. The number of rotatable bonds is 2. The first-order valence-electron chi connectivity index (χ1n) is 13.3. The second-order valence-corrected chi connectivity index (χ2v) is 11.0. The summed E-state index contributed by atoms with van der Waals surface area (Å²) in [4.78, 5) is 27.9. The predicted octanol–water partition coefficient (Wildman–Crippen LogP) is 4.32. The van der Waals surface area contributed by atoms with Crippen LogP contribution in [-0.4, -0.2) is 64.6 Å². The summed E-state index contributed by atoms with van der Waals surface area (Å²) in [7, 11) is 4.72.